The van der Waals surface area contributed by atoms with Crippen LogP contribution in [0.25, 0.3) is 10.9 Å². The molecule has 8 heteroatoms. The minimum Gasteiger partial charge on any atom is -0.361 e. The number of benzene rings is 1. The Kier molecular flexibility index (Phi) is 5.97. The smallest absolute Gasteiger partial charge is 0.267 e. The van der Waals surface area contributed by atoms with Gasteiger partial charge < -0.3 is 14.9 Å². The van der Waals surface area contributed by atoms with Crippen molar-refractivity contribution in [1.29, 1.82) is 0 Å². The van der Waals surface area contributed by atoms with Gasteiger partial charge in [-0.15, -0.1) is 0 Å². The zero-order valence-corrected chi connectivity index (χ0v) is 18.0. The summed E-state index contributed by atoms with van der Waals surface area (Å²) in [7, 11) is -1.84. The highest BCUT2D eigenvalue weighted by Gasteiger charge is 2.28. The van der Waals surface area contributed by atoms with Gasteiger partial charge in [0.25, 0.3) is 5.91 Å². The fourth-order valence-corrected chi connectivity index (χ4v) is 5.65. The summed E-state index contributed by atoms with van der Waals surface area (Å²) in [6.07, 6.45) is 8.04. The Balaban J connectivity index is 1.36. The number of piperidine rings is 1. The van der Waals surface area contributed by atoms with Gasteiger partial charge in [0.05, 0.1) is 0 Å². The van der Waals surface area contributed by atoms with Crippen LogP contribution in [0.15, 0.2) is 47.6 Å². The topological polar surface area (TPSA) is 87.2 Å². The van der Waals surface area contributed by atoms with Gasteiger partial charge >= 0.3 is 0 Å². The number of nitrogens with one attached hydrogen (secondary N) is 2. The molecule has 0 atom stereocenters. The standard InChI is InChI=1S/C22H28N4O3S/c1-25-16-18(30(28,29)26-12-5-2-6-13-26)14-21(25)22(27)23-11-7-8-17-15-24-20-10-4-3-9-19(17)20/h3-4,9-10,14-16,24H,2,5-8,11-13H2,1H3,(H,23,27). The molecule has 0 spiro atoms. The minimum atomic E-state index is -3.54. The molecular weight excluding hydrogens is 400 g/mol. The van der Waals surface area contributed by atoms with Gasteiger partial charge in [0, 0.05) is 50.0 Å². The molecule has 0 aliphatic carbocycles. The Morgan fingerprint density at radius 3 is 2.73 bits per heavy atom. The lowest BCUT2D eigenvalue weighted by atomic mass is 10.1. The van der Waals surface area contributed by atoms with Crippen molar-refractivity contribution in [3.63, 3.8) is 0 Å². The number of para-hydroxylation sites is 1. The highest BCUT2D eigenvalue weighted by Crippen LogP contribution is 2.22. The van der Waals surface area contributed by atoms with E-state index in [-0.39, 0.29) is 10.8 Å². The normalized spacial score (nSPS) is 15.5. The lowest BCUT2D eigenvalue weighted by Crippen LogP contribution is -2.35. The van der Waals surface area contributed by atoms with Crippen LogP contribution in [0.4, 0.5) is 0 Å². The van der Waals surface area contributed by atoms with Gasteiger partial charge in [-0.2, -0.15) is 4.31 Å². The average Bonchev–Trinajstić information content (AvgIpc) is 3.36. The molecule has 1 aliphatic heterocycles. The third kappa shape index (κ3) is 4.15. The number of aromatic nitrogens is 2. The van der Waals surface area contributed by atoms with Crippen molar-refractivity contribution in [2.45, 2.75) is 37.0 Å². The molecule has 0 saturated carbocycles. The van der Waals surface area contributed by atoms with Gasteiger partial charge in [-0.3, -0.25) is 4.79 Å². The zero-order valence-electron chi connectivity index (χ0n) is 17.2. The van der Waals surface area contributed by atoms with Crippen LogP contribution in [0.2, 0.25) is 0 Å². The van der Waals surface area contributed by atoms with Gasteiger partial charge in [-0.1, -0.05) is 24.6 Å². The Morgan fingerprint density at radius 2 is 1.93 bits per heavy atom. The molecule has 3 aromatic rings. The van der Waals surface area contributed by atoms with Gasteiger partial charge in [0.1, 0.15) is 10.6 Å². The van der Waals surface area contributed by atoms with Crippen LogP contribution in [-0.4, -0.2) is 47.8 Å². The maximum Gasteiger partial charge on any atom is 0.267 e. The van der Waals surface area contributed by atoms with E-state index in [2.05, 4.69) is 16.4 Å². The maximum absolute atomic E-state index is 12.9. The number of amides is 1. The van der Waals surface area contributed by atoms with E-state index >= 15 is 0 Å². The van der Waals surface area contributed by atoms with Crippen LogP contribution < -0.4 is 5.32 Å². The van der Waals surface area contributed by atoms with E-state index in [9.17, 15) is 13.2 Å². The summed E-state index contributed by atoms with van der Waals surface area (Å²) in [5.74, 6) is -0.253. The van der Waals surface area contributed by atoms with Gasteiger partial charge in [0.2, 0.25) is 10.0 Å². The van der Waals surface area contributed by atoms with Crippen LogP contribution in [0.1, 0.15) is 41.7 Å². The van der Waals surface area contributed by atoms with E-state index in [1.54, 1.807) is 11.6 Å². The first kappa shape index (κ1) is 20.7. The lowest BCUT2D eigenvalue weighted by Gasteiger charge is -2.25. The summed E-state index contributed by atoms with van der Waals surface area (Å²) in [6.45, 7) is 1.62. The molecule has 1 fully saturated rings. The number of H-pyrrole nitrogens is 1. The number of sulfonamides is 1. The summed E-state index contributed by atoms with van der Waals surface area (Å²) in [6, 6.07) is 9.65. The van der Waals surface area contributed by atoms with E-state index < -0.39 is 10.0 Å². The van der Waals surface area contributed by atoms with E-state index in [1.165, 1.54) is 27.5 Å². The number of carbonyl (C=O) groups excluding carboxylic acids is 1. The van der Waals surface area contributed by atoms with Crippen molar-refractivity contribution >= 4 is 26.8 Å². The molecule has 0 bridgehead atoms. The molecular formula is C22H28N4O3S. The highest BCUT2D eigenvalue weighted by molar-refractivity contribution is 7.89. The van der Waals surface area contributed by atoms with E-state index in [4.69, 9.17) is 0 Å². The van der Waals surface area contributed by atoms with E-state index in [1.807, 2.05) is 24.4 Å². The van der Waals surface area contributed by atoms with Crippen LogP contribution in [0.3, 0.4) is 0 Å². The summed E-state index contributed by atoms with van der Waals surface area (Å²) in [5.41, 5.74) is 2.70. The molecule has 30 heavy (non-hydrogen) atoms. The average molecular weight is 429 g/mol. The molecule has 4 rings (SSSR count). The molecule has 160 valence electrons. The largest absolute Gasteiger partial charge is 0.361 e. The number of hydrogen-bond donors (Lipinski definition) is 2. The van der Waals surface area contributed by atoms with Gasteiger partial charge in [-0.05, 0) is 43.4 Å². The third-order valence-electron chi connectivity index (χ3n) is 5.75. The molecule has 1 aliphatic rings. The molecule has 7 nitrogen and oxygen atoms in total. The van der Waals surface area contributed by atoms with Crippen LogP contribution in [0, 0.1) is 0 Å². The second-order valence-corrected chi connectivity index (χ2v) is 9.79. The summed E-state index contributed by atoms with van der Waals surface area (Å²) in [5, 5.41) is 4.12. The Labute approximate surface area is 177 Å². The number of fused-ring (bicyclic) bond motifs is 1. The van der Waals surface area contributed by atoms with Crippen LogP contribution in [0.5, 0.6) is 0 Å². The van der Waals surface area contributed by atoms with Crippen molar-refractivity contribution in [1.82, 2.24) is 19.2 Å². The number of hydrogen-bond acceptors (Lipinski definition) is 3. The summed E-state index contributed by atoms with van der Waals surface area (Å²) in [4.78, 5) is 16.1. The SMILES string of the molecule is Cn1cc(S(=O)(=O)N2CCCCC2)cc1C(=O)NCCCc1c[nH]c2ccccc12. The van der Waals surface area contributed by atoms with Gasteiger partial charge in [0.15, 0.2) is 0 Å². The van der Waals surface area contributed by atoms with Crippen LogP contribution in [-0.2, 0) is 23.5 Å². The minimum absolute atomic E-state index is 0.191. The molecule has 0 unspecified atom stereocenters. The third-order valence-corrected chi connectivity index (χ3v) is 7.61. The van der Waals surface area contributed by atoms with E-state index in [0.29, 0.717) is 25.3 Å². The fraction of sp³-hybridized carbons (Fsp3) is 0.409. The first-order valence-corrected chi connectivity index (χ1v) is 11.9. The van der Waals surface area contributed by atoms with Crippen molar-refractivity contribution in [2.75, 3.05) is 19.6 Å². The highest BCUT2D eigenvalue weighted by atomic mass is 32.2. The summed E-state index contributed by atoms with van der Waals surface area (Å²) < 4.78 is 28.8. The number of aromatic amines is 1. The molecule has 1 saturated heterocycles. The number of aryl methyl sites for hydroxylation is 2. The predicted octanol–water partition coefficient (Wildman–Crippen LogP) is 3.04. The number of carbonyl (C=O) groups is 1. The van der Waals surface area contributed by atoms with Crippen molar-refractivity contribution in [2.24, 2.45) is 7.05 Å². The summed E-state index contributed by atoms with van der Waals surface area (Å²) >= 11 is 0. The van der Waals surface area contributed by atoms with Crippen LogP contribution >= 0.6 is 0 Å². The van der Waals surface area contributed by atoms with Crippen molar-refractivity contribution in [3.05, 3.63) is 54.0 Å². The first-order chi connectivity index (χ1) is 14.5. The Bertz CT molecular complexity index is 1140. The molecule has 1 aromatic carbocycles. The van der Waals surface area contributed by atoms with Crippen molar-refractivity contribution < 1.29 is 13.2 Å². The van der Waals surface area contributed by atoms with Gasteiger partial charge in [-0.25, -0.2) is 8.42 Å². The molecule has 2 aromatic heterocycles. The zero-order chi connectivity index (χ0) is 21.1. The second-order valence-electron chi connectivity index (χ2n) is 7.86. The fourth-order valence-electron chi connectivity index (χ4n) is 4.07. The molecule has 3 heterocycles. The number of nitrogens with zero attached hydrogens (tertiary/aromatic N) is 2. The predicted molar refractivity (Wildman–Crippen MR) is 117 cm³/mol. The lowest BCUT2D eigenvalue weighted by molar-refractivity contribution is 0.0945. The second kappa shape index (κ2) is 8.65. The monoisotopic (exact) mass is 428 g/mol. The molecule has 0 radical (unpaired) electrons. The number of rotatable bonds is 7. The first-order valence-electron chi connectivity index (χ1n) is 10.5. The Morgan fingerprint density at radius 1 is 1.17 bits per heavy atom. The van der Waals surface area contributed by atoms with E-state index in [0.717, 1.165) is 37.6 Å². The van der Waals surface area contributed by atoms with Crippen molar-refractivity contribution in [3.8, 4) is 0 Å². The Hall–Kier alpha value is -2.58. The molecule has 1 amide bonds. The molecule has 2 N–H and O–H groups in total. The quantitative estimate of drug-likeness (QED) is 0.567. The maximum atomic E-state index is 12.9.